The van der Waals surface area contributed by atoms with E-state index in [9.17, 15) is 0 Å². The third-order valence-corrected chi connectivity index (χ3v) is 5.42. The SMILES string of the molecule is CCC(CC)CC1CC(C)(C)CCC1CNCC(C)C. The van der Waals surface area contributed by atoms with Crippen LogP contribution in [-0.4, -0.2) is 13.1 Å². The maximum absolute atomic E-state index is 3.72. The molecule has 0 aliphatic heterocycles. The van der Waals surface area contributed by atoms with Gasteiger partial charge in [-0.1, -0.05) is 54.4 Å². The molecule has 0 amide bonds. The highest BCUT2D eigenvalue weighted by Crippen LogP contribution is 2.44. The van der Waals surface area contributed by atoms with E-state index >= 15 is 0 Å². The topological polar surface area (TPSA) is 12.0 Å². The summed E-state index contributed by atoms with van der Waals surface area (Å²) < 4.78 is 0. The molecule has 1 heteroatoms. The van der Waals surface area contributed by atoms with E-state index in [1.54, 1.807) is 0 Å². The van der Waals surface area contributed by atoms with Crippen molar-refractivity contribution in [2.75, 3.05) is 13.1 Å². The molecule has 0 heterocycles. The molecule has 0 radical (unpaired) electrons. The van der Waals surface area contributed by atoms with Crippen LogP contribution in [0, 0.1) is 29.1 Å². The molecule has 0 aromatic carbocycles. The summed E-state index contributed by atoms with van der Waals surface area (Å²) in [6.45, 7) is 16.7. The maximum atomic E-state index is 3.72. The maximum Gasteiger partial charge on any atom is -0.00177 e. The number of nitrogens with one attached hydrogen (secondary N) is 1. The molecule has 2 atom stereocenters. The van der Waals surface area contributed by atoms with Gasteiger partial charge in [0.15, 0.2) is 0 Å². The van der Waals surface area contributed by atoms with Crippen LogP contribution < -0.4 is 5.32 Å². The van der Waals surface area contributed by atoms with Gasteiger partial charge in [0.1, 0.15) is 0 Å². The summed E-state index contributed by atoms with van der Waals surface area (Å²) in [7, 11) is 0. The zero-order valence-corrected chi connectivity index (χ0v) is 15.0. The highest BCUT2D eigenvalue weighted by Gasteiger charge is 2.35. The van der Waals surface area contributed by atoms with Crippen LogP contribution in [0.2, 0.25) is 0 Å². The van der Waals surface area contributed by atoms with E-state index in [1.165, 1.54) is 51.6 Å². The molecule has 1 N–H and O–H groups in total. The largest absolute Gasteiger partial charge is 0.316 e. The number of hydrogen-bond acceptors (Lipinski definition) is 1. The van der Waals surface area contributed by atoms with Gasteiger partial charge in [0.05, 0.1) is 0 Å². The molecule has 1 rings (SSSR count). The Morgan fingerprint density at radius 2 is 1.75 bits per heavy atom. The standard InChI is InChI=1S/C19H39N/c1-7-16(8-2)11-18-12-19(5,6)10-9-17(18)14-20-13-15(3)4/h15-18,20H,7-14H2,1-6H3. The Morgan fingerprint density at radius 3 is 2.30 bits per heavy atom. The summed E-state index contributed by atoms with van der Waals surface area (Å²) in [6.07, 6.45) is 8.48. The van der Waals surface area contributed by atoms with Crippen molar-refractivity contribution in [3.05, 3.63) is 0 Å². The van der Waals surface area contributed by atoms with Crippen molar-refractivity contribution in [3.63, 3.8) is 0 Å². The van der Waals surface area contributed by atoms with Crippen LogP contribution in [0.4, 0.5) is 0 Å². The minimum absolute atomic E-state index is 0.575. The monoisotopic (exact) mass is 281 g/mol. The minimum atomic E-state index is 0.575. The first-order valence-electron chi connectivity index (χ1n) is 9.08. The van der Waals surface area contributed by atoms with Crippen molar-refractivity contribution in [2.45, 2.75) is 80.1 Å². The second-order valence-electron chi connectivity index (χ2n) is 8.40. The van der Waals surface area contributed by atoms with E-state index in [2.05, 4.69) is 46.9 Å². The molecule has 0 aromatic rings. The average Bonchev–Trinajstić information content (AvgIpc) is 2.37. The van der Waals surface area contributed by atoms with Gasteiger partial charge < -0.3 is 5.32 Å². The van der Waals surface area contributed by atoms with Crippen LogP contribution in [-0.2, 0) is 0 Å². The fourth-order valence-corrected chi connectivity index (χ4v) is 3.94. The minimum Gasteiger partial charge on any atom is -0.316 e. The summed E-state index contributed by atoms with van der Waals surface area (Å²) in [5.74, 6) is 3.58. The number of rotatable bonds is 8. The van der Waals surface area contributed by atoms with Gasteiger partial charge in [0, 0.05) is 0 Å². The summed E-state index contributed by atoms with van der Waals surface area (Å²) in [4.78, 5) is 0. The van der Waals surface area contributed by atoms with Gasteiger partial charge in [-0.05, 0) is 67.9 Å². The highest BCUT2D eigenvalue weighted by atomic mass is 14.9. The fourth-order valence-electron chi connectivity index (χ4n) is 3.94. The van der Waals surface area contributed by atoms with Gasteiger partial charge >= 0.3 is 0 Å². The molecule has 1 aliphatic rings. The van der Waals surface area contributed by atoms with E-state index < -0.39 is 0 Å². The van der Waals surface area contributed by atoms with E-state index in [4.69, 9.17) is 0 Å². The summed E-state index contributed by atoms with van der Waals surface area (Å²) in [6, 6.07) is 0. The highest BCUT2D eigenvalue weighted by molar-refractivity contribution is 4.87. The Balaban J connectivity index is 2.55. The molecule has 1 saturated carbocycles. The Hall–Kier alpha value is -0.0400. The van der Waals surface area contributed by atoms with E-state index in [1.807, 2.05) is 0 Å². The van der Waals surface area contributed by atoms with Gasteiger partial charge in [0.25, 0.3) is 0 Å². The predicted octanol–water partition coefficient (Wildman–Crippen LogP) is 5.50. The molecule has 0 saturated heterocycles. The molecule has 0 spiro atoms. The Kier molecular flexibility index (Phi) is 7.58. The second kappa shape index (κ2) is 8.41. The van der Waals surface area contributed by atoms with Crippen LogP contribution in [0.1, 0.15) is 80.1 Å². The summed E-state index contributed by atoms with van der Waals surface area (Å²) >= 11 is 0. The zero-order valence-electron chi connectivity index (χ0n) is 15.0. The average molecular weight is 282 g/mol. The van der Waals surface area contributed by atoms with Crippen LogP contribution in [0.3, 0.4) is 0 Å². The molecule has 1 nitrogen and oxygen atoms in total. The zero-order chi connectivity index (χ0) is 15.2. The van der Waals surface area contributed by atoms with E-state index in [0.717, 1.165) is 23.7 Å². The van der Waals surface area contributed by atoms with Crippen molar-refractivity contribution in [1.29, 1.82) is 0 Å². The van der Waals surface area contributed by atoms with Crippen molar-refractivity contribution in [2.24, 2.45) is 29.1 Å². The van der Waals surface area contributed by atoms with Crippen molar-refractivity contribution < 1.29 is 0 Å². The van der Waals surface area contributed by atoms with Crippen LogP contribution >= 0.6 is 0 Å². The fraction of sp³-hybridized carbons (Fsp3) is 1.00. The number of hydrogen-bond donors (Lipinski definition) is 1. The van der Waals surface area contributed by atoms with Gasteiger partial charge in [-0.15, -0.1) is 0 Å². The lowest BCUT2D eigenvalue weighted by Gasteiger charge is -2.42. The van der Waals surface area contributed by atoms with Crippen LogP contribution in [0.5, 0.6) is 0 Å². The smallest absolute Gasteiger partial charge is 0.00177 e. The van der Waals surface area contributed by atoms with Crippen LogP contribution in [0.15, 0.2) is 0 Å². The Morgan fingerprint density at radius 1 is 1.10 bits per heavy atom. The van der Waals surface area contributed by atoms with Crippen molar-refractivity contribution in [1.82, 2.24) is 5.32 Å². The normalized spacial score (nSPS) is 26.4. The third kappa shape index (κ3) is 6.16. The lowest BCUT2D eigenvalue weighted by atomic mass is 9.64. The van der Waals surface area contributed by atoms with Crippen molar-refractivity contribution >= 4 is 0 Å². The predicted molar refractivity (Wildman–Crippen MR) is 91.0 cm³/mol. The molecular formula is C19H39N. The van der Waals surface area contributed by atoms with Gasteiger partial charge in [-0.3, -0.25) is 0 Å². The summed E-state index contributed by atoms with van der Waals surface area (Å²) in [5, 5.41) is 3.72. The Labute approximate surface area is 128 Å². The molecule has 1 aliphatic carbocycles. The molecule has 20 heavy (non-hydrogen) atoms. The van der Waals surface area contributed by atoms with E-state index in [-0.39, 0.29) is 0 Å². The van der Waals surface area contributed by atoms with Crippen LogP contribution in [0.25, 0.3) is 0 Å². The van der Waals surface area contributed by atoms with E-state index in [0.29, 0.717) is 5.41 Å². The molecular weight excluding hydrogens is 242 g/mol. The quantitative estimate of drug-likeness (QED) is 0.619. The third-order valence-electron chi connectivity index (χ3n) is 5.42. The molecule has 120 valence electrons. The first-order chi connectivity index (χ1) is 9.38. The first kappa shape index (κ1) is 18.0. The van der Waals surface area contributed by atoms with Crippen molar-refractivity contribution in [3.8, 4) is 0 Å². The molecule has 0 aromatic heterocycles. The molecule has 1 fully saturated rings. The lowest BCUT2D eigenvalue weighted by molar-refractivity contribution is 0.0950. The van der Waals surface area contributed by atoms with Gasteiger partial charge in [-0.2, -0.15) is 0 Å². The Bertz CT molecular complexity index is 252. The van der Waals surface area contributed by atoms with Gasteiger partial charge in [-0.25, -0.2) is 0 Å². The first-order valence-corrected chi connectivity index (χ1v) is 9.08. The second-order valence-corrected chi connectivity index (χ2v) is 8.40. The van der Waals surface area contributed by atoms with Gasteiger partial charge in [0.2, 0.25) is 0 Å². The summed E-state index contributed by atoms with van der Waals surface area (Å²) in [5.41, 5.74) is 0.575. The lowest BCUT2D eigenvalue weighted by Crippen LogP contribution is -2.37. The molecule has 2 unspecified atom stereocenters. The molecule has 0 bridgehead atoms.